The van der Waals surface area contributed by atoms with E-state index in [9.17, 15) is 4.79 Å². The Labute approximate surface area is 120 Å². The minimum atomic E-state index is -0.459. The first-order valence-corrected chi connectivity index (χ1v) is 6.87. The second kappa shape index (κ2) is 5.95. The number of rotatable bonds is 3. The van der Waals surface area contributed by atoms with Crippen LogP contribution in [0.4, 0.5) is 4.79 Å². The van der Waals surface area contributed by atoms with E-state index in [0.29, 0.717) is 6.54 Å². The van der Waals surface area contributed by atoms with Crippen LogP contribution in [0.1, 0.15) is 37.5 Å². The molecule has 0 radical (unpaired) electrons. The fraction of sp³-hybridized carbons (Fsp3) is 0.353. The molecule has 20 heavy (non-hydrogen) atoms. The van der Waals surface area contributed by atoms with Gasteiger partial charge in [-0.15, -0.1) is 0 Å². The summed E-state index contributed by atoms with van der Waals surface area (Å²) in [6.07, 6.45) is 8.89. The van der Waals surface area contributed by atoms with Crippen LogP contribution in [0.15, 0.2) is 30.4 Å². The van der Waals surface area contributed by atoms with Gasteiger partial charge in [-0.3, -0.25) is 0 Å². The Morgan fingerprint density at radius 2 is 2.20 bits per heavy atom. The minimum absolute atomic E-state index is 0.387. The van der Waals surface area contributed by atoms with Crippen molar-refractivity contribution in [2.24, 2.45) is 0 Å². The molecule has 3 heteroatoms. The van der Waals surface area contributed by atoms with Crippen molar-refractivity contribution >= 4 is 18.2 Å². The van der Waals surface area contributed by atoms with E-state index in [4.69, 9.17) is 4.74 Å². The second-order valence-corrected chi connectivity index (χ2v) is 5.81. The molecule has 2 rings (SSSR count). The smallest absolute Gasteiger partial charge is 0.407 e. The number of hydrogen-bond donors (Lipinski definition) is 1. The van der Waals surface area contributed by atoms with Gasteiger partial charge in [0.05, 0.1) is 0 Å². The van der Waals surface area contributed by atoms with Gasteiger partial charge in [0.2, 0.25) is 0 Å². The van der Waals surface area contributed by atoms with Crippen LogP contribution in [0.3, 0.4) is 0 Å². The van der Waals surface area contributed by atoms with E-state index in [-0.39, 0.29) is 6.09 Å². The van der Waals surface area contributed by atoms with Crippen molar-refractivity contribution in [3.63, 3.8) is 0 Å². The van der Waals surface area contributed by atoms with Crippen molar-refractivity contribution in [2.45, 2.75) is 32.8 Å². The number of ether oxygens (including phenoxy) is 1. The quantitative estimate of drug-likeness (QED) is 0.908. The van der Waals surface area contributed by atoms with Gasteiger partial charge < -0.3 is 10.1 Å². The first-order valence-electron chi connectivity index (χ1n) is 6.87. The van der Waals surface area contributed by atoms with Crippen LogP contribution in [0.25, 0.3) is 12.2 Å². The van der Waals surface area contributed by atoms with Gasteiger partial charge in [-0.1, -0.05) is 42.5 Å². The standard InChI is InChI=1S/C17H21NO2/c1-17(2,3)20-16(19)18-12-6-10-14-8-4-7-13-9-5-11-15(13)14/h4-10H,11-12H2,1-3H3,(H,18,19). The molecule has 0 fully saturated rings. The van der Waals surface area contributed by atoms with Crippen LogP contribution in [0, 0.1) is 0 Å². The lowest BCUT2D eigenvalue weighted by Crippen LogP contribution is -2.32. The SMILES string of the molecule is CC(C)(C)OC(=O)NCC=Cc1cccc2c1CC=C2. The molecule has 1 aliphatic carbocycles. The van der Waals surface area contributed by atoms with Gasteiger partial charge in [0.15, 0.2) is 0 Å². The van der Waals surface area contributed by atoms with Gasteiger partial charge in [0, 0.05) is 6.54 Å². The molecular weight excluding hydrogens is 250 g/mol. The number of amides is 1. The average molecular weight is 271 g/mol. The lowest BCUT2D eigenvalue weighted by molar-refractivity contribution is 0.0534. The molecule has 0 bridgehead atoms. The van der Waals surface area contributed by atoms with Gasteiger partial charge in [-0.2, -0.15) is 0 Å². The Bertz CT molecular complexity index is 551. The summed E-state index contributed by atoms with van der Waals surface area (Å²) < 4.78 is 5.17. The van der Waals surface area contributed by atoms with Crippen molar-refractivity contribution in [3.8, 4) is 0 Å². The van der Waals surface area contributed by atoms with E-state index in [2.05, 4.69) is 35.7 Å². The molecule has 0 atom stereocenters. The zero-order valence-electron chi connectivity index (χ0n) is 12.3. The van der Waals surface area contributed by atoms with Crippen LogP contribution in [0.5, 0.6) is 0 Å². The van der Waals surface area contributed by atoms with Crippen molar-refractivity contribution in [1.29, 1.82) is 0 Å². The van der Waals surface area contributed by atoms with E-state index < -0.39 is 5.60 Å². The molecule has 1 aromatic carbocycles. The summed E-state index contributed by atoms with van der Waals surface area (Å²) in [5, 5.41) is 2.71. The fourth-order valence-electron chi connectivity index (χ4n) is 2.12. The summed E-state index contributed by atoms with van der Waals surface area (Å²) in [6, 6.07) is 6.26. The molecule has 1 aromatic rings. The molecule has 1 N–H and O–H groups in total. The van der Waals surface area contributed by atoms with Gasteiger partial charge in [-0.05, 0) is 43.9 Å². The third-order valence-electron chi connectivity index (χ3n) is 2.93. The first-order chi connectivity index (χ1) is 9.46. The lowest BCUT2D eigenvalue weighted by Gasteiger charge is -2.19. The average Bonchev–Trinajstić information content (AvgIpc) is 2.81. The van der Waals surface area contributed by atoms with E-state index in [0.717, 1.165) is 6.42 Å². The number of benzene rings is 1. The molecule has 0 saturated carbocycles. The number of alkyl carbamates (subject to hydrolysis) is 1. The van der Waals surface area contributed by atoms with E-state index in [1.54, 1.807) is 0 Å². The highest BCUT2D eigenvalue weighted by Gasteiger charge is 2.15. The molecule has 1 aliphatic rings. The van der Waals surface area contributed by atoms with Crippen LogP contribution in [-0.2, 0) is 11.2 Å². The minimum Gasteiger partial charge on any atom is -0.444 e. The molecule has 3 nitrogen and oxygen atoms in total. The number of carbonyl (C=O) groups is 1. The monoisotopic (exact) mass is 271 g/mol. The number of allylic oxidation sites excluding steroid dienone is 1. The number of hydrogen-bond acceptors (Lipinski definition) is 2. The first kappa shape index (κ1) is 14.4. The summed E-state index contributed by atoms with van der Waals surface area (Å²) in [5.74, 6) is 0. The Balaban J connectivity index is 1.86. The summed E-state index contributed by atoms with van der Waals surface area (Å²) >= 11 is 0. The Morgan fingerprint density at radius 3 is 2.95 bits per heavy atom. The Hall–Kier alpha value is -2.03. The number of carbonyl (C=O) groups excluding carboxylic acids is 1. The summed E-state index contributed by atoms with van der Waals surface area (Å²) in [5.41, 5.74) is 3.38. The predicted molar refractivity (Wildman–Crippen MR) is 82.5 cm³/mol. The van der Waals surface area contributed by atoms with E-state index in [1.807, 2.05) is 32.9 Å². The molecule has 1 amide bonds. The third kappa shape index (κ3) is 3.98. The largest absolute Gasteiger partial charge is 0.444 e. The molecule has 0 aliphatic heterocycles. The fourth-order valence-corrected chi connectivity index (χ4v) is 2.12. The summed E-state index contributed by atoms with van der Waals surface area (Å²) in [4.78, 5) is 11.5. The number of nitrogens with one attached hydrogen (secondary N) is 1. The van der Waals surface area contributed by atoms with Crippen molar-refractivity contribution in [1.82, 2.24) is 5.32 Å². The molecule has 0 heterocycles. The normalized spacial score (nSPS) is 13.6. The van der Waals surface area contributed by atoms with Gasteiger partial charge in [-0.25, -0.2) is 4.79 Å². The van der Waals surface area contributed by atoms with E-state index >= 15 is 0 Å². The topological polar surface area (TPSA) is 38.3 Å². The van der Waals surface area contributed by atoms with Crippen molar-refractivity contribution in [3.05, 3.63) is 47.0 Å². The molecule has 0 spiro atoms. The van der Waals surface area contributed by atoms with Crippen LogP contribution < -0.4 is 5.32 Å². The maximum Gasteiger partial charge on any atom is 0.407 e. The van der Waals surface area contributed by atoms with Gasteiger partial charge in [0.25, 0.3) is 0 Å². The Morgan fingerprint density at radius 1 is 1.40 bits per heavy atom. The highest BCUT2D eigenvalue weighted by Crippen LogP contribution is 2.23. The van der Waals surface area contributed by atoms with Crippen molar-refractivity contribution in [2.75, 3.05) is 6.54 Å². The third-order valence-corrected chi connectivity index (χ3v) is 2.93. The van der Waals surface area contributed by atoms with E-state index in [1.165, 1.54) is 16.7 Å². The summed E-state index contributed by atoms with van der Waals surface area (Å²) in [6.45, 7) is 6.01. The zero-order valence-corrected chi connectivity index (χ0v) is 12.3. The summed E-state index contributed by atoms with van der Waals surface area (Å²) in [7, 11) is 0. The lowest BCUT2D eigenvalue weighted by atomic mass is 10.0. The predicted octanol–water partition coefficient (Wildman–Crippen LogP) is 3.79. The van der Waals surface area contributed by atoms with Crippen LogP contribution >= 0.6 is 0 Å². The number of fused-ring (bicyclic) bond motifs is 1. The highest BCUT2D eigenvalue weighted by atomic mass is 16.6. The van der Waals surface area contributed by atoms with Crippen LogP contribution in [0.2, 0.25) is 0 Å². The van der Waals surface area contributed by atoms with Gasteiger partial charge in [0.1, 0.15) is 5.60 Å². The highest BCUT2D eigenvalue weighted by molar-refractivity contribution is 5.69. The Kier molecular flexibility index (Phi) is 4.28. The molecule has 0 aromatic heterocycles. The zero-order chi connectivity index (χ0) is 14.6. The van der Waals surface area contributed by atoms with Gasteiger partial charge >= 0.3 is 6.09 Å². The van der Waals surface area contributed by atoms with Crippen molar-refractivity contribution < 1.29 is 9.53 Å². The second-order valence-electron chi connectivity index (χ2n) is 5.81. The molecule has 0 unspecified atom stereocenters. The molecule has 106 valence electrons. The molecule has 0 saturated heterocycles. The molecular formula is C17H21NO2. The van der Waals surface area contributed by atoms with Crippen LogP contribution in [-0.4, -0.2) is 18.2 Å². The maximum absolute atomic E-state index is 11.5. The maximum atomic E-state index is 11.5.